The number of amides is 1. The highest BCUT2D eigenvalue weighted by atomic mass is 35.5. The maximum Gasteiger partial charge on any atom is 0.274 e. The molecule has 180 valence electrons. The minimum Gasteiger partial charge on any atom is -0.507 e. The van der Waals surface area contributed by atoms with E-state index in [1.807, 2.05) is 24.3 Å². The molecule has 35 heavy (non-hydrogen) atoms. The van der Waals surface area contributed by atoms with Crippen LogP contribution in [0.2, 0.25) is 0 Å². The number of H-pyrrole nitrogens is 1. The number of alkyl halides is 2. The van der Waals surface area contributed by atoms with Crippen molar-refractivity contribution in [2.24, 2.45) is 0 Å². The van der Waals surface area contributed by atoms with Crippen molar-refractivity contribution in [3.63, 3.8) is 0 Å². The van der Waals surface area contributed by atoms with Crippen molar-refractivity contribution in [3.05, 3.63) is 59.3 Å². The van der Waals surface area contributed by atoms with Gasteiger partial charge in [-0.25, -0.2) is 0 Å². The Morgan fingerprint density at radius 2 is 1.77 bits per heavy atom. The molecule has 1 amide bonds. The van der Waals surface area contributed by atoms with Crippen LogP contribution in [0.3, 0.4) is 0 Å². The second-order valence-electron chi connectivity index (χ2n) is 8.42. The summed E-state index contributed by atoms with van der Waals surface area (Å²) in [6.07, 6.45) is 0. The number of halogens is 2. The average molecular weight is 513 g/mol. The van der Waals surface area contributed by atoms with Gasteiger partial charge in [-0.05, 0) is 30.0 Å². The van der Waals surface area contributed by atoms with Gasteiger partial charge in [0.25, 0.3) is 5.91 Å². The summed E-state index contributed by atoms with van der Waals surface area (Å²) in [5, 5.41) is 12.8. The lowest BCUT2D eigenvalue weighted by Gasteiger charge is -2.17. The van der Waals surface area contributed by atoms with Gasteiger partial charge >= 0.3 is 0 Å². The summed E-state index contributed by atoms with van der Waals surface area (Å²) in [6, 6.07) is 12.3. The fourth-order valence-corrected chi connectivity index (χ4v) is 5.32. The Bertz CT molecular complexity index is 1510. The molecule has 0 radical (unpaired) electrons. The Labute approximate surface area is 211 Å². The first kappa shape index (κ1) is 23.3. The molecule has 7 nitrogen and oxygen atoms in total. The fourth-order valence-electron chi connectivity index (χ4n) is 4.91. The summed E-state index contributed by atoms with van der Waals surface area (Å²) in [5.74, 6) is -0.176. The van der Waals surface area contributed by atoms with Crippen molar-refractivity contribution in [2.45, 2.75) is 17.7 Å². The number of benzene rings is 3. The number of hydrogen-bond acceptors (Lipinski definition) is 5. The zero-order valence-corrected chi connectivity index (χ0v) is 20.7. The number of Topliss-reactive ketones (excluding diaryl/α,β-unsaturated/α-hetero) is 1. The molecule has 0 unspecified atom stereocenters. The first-order valence-corrected chi connectivity index (χ1v) is 11.8. The highest BCUT2D eigenvalue weighted by molar-refractivity contribution is 6.45. The van der Waals surface area contributed by atoms with Crippen LogP contribution in [0, 0.1) is 0 Å². The van der Waals surface area contributed by atoms with E-state index in [2.05, 4.69) is 4.98 Å². The smallest absolute Gasteiger partial charge is 0.274 e. The number of rotatable bonds is 5. The van der Waals surface area contributed by atoms with E-state index in [-0.39, 0.29) is 35.6 Å². The number of phenols is 1. The second kappa shape index (κ2) is 8.66. The molecule has 0 bridgehead atoms. The molecule has 3 aromatic carbocycles. The lowest BCUT2D eigenvalue weighted by atomic mass is 9.95. The van der Waals surface area contributed by atoms with Gasteiger partial charge in [-0.15, -0.1) is 23.2 Å². The van der Waals surface area contributed by atoms with Crippen molar-refractivity contribution in [3.8, 4) is 17.2 Å². The number of nitrogens with one attached hydrogen (secondary N) is 1. The zero-order valence-electron chi connectivity index (χ0n) is 19.2. The molecule has 0 saturated heterocycles. The number of nitrogens with zero attached hydrogens (tertiary/aromatic N) is 1. The fraction of sp³-hybridized carbons (Fsp3) is 0.231. The van der Waals surface area contributed by atoms with Gasteiger partial charge in [-0.2, -0.15) is 0 Å². The summed E-state index contributed by atoms with van der Waals surface area (Å²) < 4.78 is 11.0. The average Bonchev–Trinajstić information content (AvgIpc) is 3.44. The van der Waals surface area contributed by atoms with Crippen LogP contribution in [0.5, 0.6) is 17.2 Å². The maximum absolute atomic E-state index is 13.8. The lowest BCUT2D eigenvalue weighted by molar-refractivity contribution is 0.0982. The van der Waals surface area contributed by atoms with Crippen LogP contribution in [-0.4, -0.2) is 47.4 Å². The molecule has 0 fully saturated rings. The number of aromatic hydroxyl groups is 1. The second-order valence-corrected chi connectivity index (χ2v) is 9.59. The normalized spacial score (nSPS) is 15.1. The van der Waals surface area contributed by atoms with Crippen molar-refractivity contribution in [2.75, 3.05) is 25.7 Å². The molecule has 4 aromatic rings. The van der Waals surface area contributed by atoms with Gasteiger partial charge in [0.15, 0.2) is 17.3 Å². The summed E-state index contributed by atoms with van der Waals surface area (Å²) in [5.41, 5.74) is 2.53. The predicted molar refractivity (Wildman–Crippen MR) is 137 cm³/mol. The molecule has 1 aromatic heterocycles. The van der Waals surface area contributed by atoms with E-state index in [1.54, 1.807) is 23.1 Å². The molecule has 1 aliphatic rings. The van der Waals surface area contributed by atoms with Gasteiger partial charge in [-0.1, -0.05) is 24.3 Å². The Hall–Kier alpha value is -3.42. The van der Waals surface area contributed by atoms with Gasteiger partial charge < -0.3 is 24.5 Å². The number of fused-ring (bicyclic) bond motifs is 4. The number of carbonyl (C=O) groups is 2. The largest absolute Gasteiger partial charge is 0.507 e. The van der Waals surface area contributed by atoms with E-state index in [0.717, 1.165) is 10.9 Å². The standard InChI is InChI=1S/C26H22Cl2N2O5/c1-12(31)16-8-13-9-18(29-22(13)24(35-3)23(16)34-2)26(33)30-11-17(25(27)28)21-15-7-5-4-6-14(15)20(32)10-19(21)30/h4-10,17,25,29,32H,11H2,1-3H3/t17-/m1/s1. The number of anilines is 1. The van der Waals surface area contributed by atoms with Crippen LogP contribution in [-0.2, 0) is 0 Å². The number of methoxy groups -OCH3 is 2. The highest BCUT2D eigenvalue weighted by Gasteiger charge is 2.38. The monoisotopic (exact) mass is 512 g/mol. The predicted octanol–water partition coefficient (Wildman–Crippen LogP) is 5.79. The Morgan fingerprint density at radius 3 is 2.40 bits per heavy atom. The zero-order chi connectivity index (χ0) is 25.0. The lowest BCUT2D eigenvalue weighted by Crippen LogP contribution is -2.31. The summed E-state index contributed by atoms with van der Waals surface area (Å²) in [6.45, 7) is 1.68. The van der Waals surface area contributed by atoms with Gasteiger partial charge in [0.1, 0.15) is 16.3 Å². The molecular formula is C26H22Cl2N2O5. The summed E-state index contributed by atoms with van der Waals surface area (Å²) in [4.78, 5) is 29.9. The minimum atomic E-state index is -0.760. The number of carbonyl (C=O) groups excluding carboxylic acids is 2. The van der Waals surface area contributed by atoms with Crippen molar-refractivity contribution in [1.82, 2.24) is 4.98 Å². The van der Waals surface area contributed by atoms with Crippen molar-refractivity contribution in [1.29, 1.82) is 0 Å². The Balaban J connectivity index is 1.67. The molecule has 0 saturated carbocycles. The molecule has 1 aliphatic heterocycles. The van der Waals surface area contributed by atoms with Crippen LogP contribution in [0.25, 0.3) is 21.7 Å². The molecule has 9 heteroatoms. The van der Waals surface area contributed by atoms with E-state index in [0.29, 0.717) is 39.0 Å². The van der Waals surface area contributed by atoms with E-state index >= 15 is 0 Å². The third kappa shape index (κ3) is 3.58. The highest BCUT2D eigenvalue weighted by Crippen LogP contribution is 2.48. The molecule has 2 N–H and O–H groups in total. The number of aromatic amines is 1. The number of hydrogen-bond donors (Lipinski definition) is 2. The van der Waals surface area contributed by atoms with Crippen molar-refractivity contribution >= 4 is 62.3 Å². The van der Waals surface area contributed by atoms with E-state index < -0.39 is 4.84 Å². The molecule has 1 atom stereocenters. The quantitative estimate of drug-likeness (QED) is 0.260. The van der Waals surface area contributed by atoms with Gasteiger partial charge in [-0.3, -0.25) is 9.59 Å². The number of aromatic nitrogens is 1. The first-order valence-electron chi connectivity index (χ1n) is 10.9. The minimum absolute atomic E-state index is 0.0626. The molecule has 0 aliphatic carbocycles. The van der Waals surface area contributed by atoms with E-state index in [9.17, 15) is 14.7 Å². The van der Waals surface area contributed by atoms with Crippen LogP contribution in [0.4, 0.5) is 5.69 Å². The van der Waals surface area contributed by atoms with Crippen LogP contribution >= 0.6 is 23.2 Å². The third-order valence-electron chi connectivity index (χ3n) is 6.48. The number of phenolic OH excluding ortho intramolecular Hbond substituents is 1. The molecule has 2 heterocycles. The van der Waals surface area contributed by atoms with Crippen molar-refractivity contribution < 1.29 is 24.2 Å². The van der Waals surface area contributed by atoms with E-state index in [4.69, 9.17) is 32.7 Å². The summed E-state index contributed by atoms with van der Waals surface area (Å²) >= 11 is 12.7. The molecule has 0 spiro atoms. The van der Waals surface area contributed by atoms with Gasteiger partial charge in [0, 0.05) is 29.3 Å². The SMILES string of the molecule is COc1c(C(C)=O)cc2cc(C(=O)N3C[C@@H](C(Cl)Cl)c4c3cc(O)c3ccccc43)[nH]c2c1OC. The van der Waals surface area contributed by atoms with Crippen LogP contribution in [0.1, 0.15) is 39.3 Å². The van der Waals surface area contributed by atoms with Crippen LogP contribution < -0.4 is 14.4 Å². The van der Waals surface area contributed by atoms with E-state index in [1.165, 1.54) is 21.1 Å². The topological polar surface area (TPSA) is 91.9 Å². The summed E-state index contributed by atoms with van der Waals surface area (Å²) in [7, 11) is 2.93. The maximum atomic E-state index is 13.8. The van der Waals surface area contributed by atoms with Gasteiger partial charge in [0.2, 0.25) is 0 Å². The molecule has 5 rings (SSSR count). The molecular weight excluding hydrogens is 491 g/mol. The van der Waals surface area contributed by atoms with Gasteiger partial charge in [0.05, 0.1) is 31.0 Å². The third-order valence-corrected chi connectivity index (χ3v) is 7.08. The number of ketones is 1. The number of ether oxygens (including phenoxy) is 2. The Kier molecular flexibility index (Phi) is 5.77. The van der Waals surface area contributed by atoms with Crippen LogP contribution in [0.15, 0.2) is 42.5 Å². The Morgan fingerprint density at radius 1 is 1.09 bits per heavy atom. The first-order chi connectivity index (χ1) is 16.8.